The molecule has 6 rings (SSSR count). The molecule has 38 heavy (non-hydrogen) atoms. The number of halogens is 2. The molecule has 2 aromatic heterocycles. The minimum Gasteiger partial charge on any atom is -0.486 e. The topological polar surface area (TPSA) is 119 Å². The number of rotatable bonds is 9. The number of likely N-dealkylation sites (tertiary alicyclic amines) is 1. The van der Waals surface area contributed by atoms with Gasteiger partial charge >= 0.3 is 0 Å². The van der Waals surface area contributed by atoms with Crippen LogP contribution in [0.3, 0.4) is 0 Å². The number of hydrogen-bond acceptors (Lipinski definition) is 7. The van der Waals surface area contributed by atoms with Gasteiger partial charge in [-0.25, -0.2) is 9.97 Å². The standard InChI is InChI=1S/C26H26Cl2N6O4/c1-14(35)24-18-9-17(38-13-22-29-5-2-6-30-22)3-4-19(18)33(32-24)12-23(36)34-20-7-15(20)8-21(34)25(37)31-11-16-10-26(16,27)28/h2-6,9,15-16,20-21H,7-8,10-13H2,1H3,(H,31,37)/t15-,16-,20-,21+/m1/s1. The summed E-state index contributed by atoms with van der Waals surface area (Å²) in [5, 5.41) is 7.97. The van der Waals surface area contributed by atoms with Crippen molar-refractivity contribution in [1.29, 1.82) is 0 Å². The maximum Gasteiger partial charge on any atom is 0.245 e. The van der Waals surface area contributed by atoms with Gasteiger partial charge in [0.2, 0.25) is 11.8 Å². The zero-order valence-electron chi connectivity index (χ0n) is 20.6. The normalized spacial score (nSPS) is 24.7. The average molecular weight is 557 g/mol. The number of nitrogens with one attached hydrogen (secondary N) is 1. The first-order valence-electron chi connectivity index (χ1n) is 12.6. The molecule has 0 radical (unpaired) electrons. The molecular formula is C26H26Cl2N6O4. The van der Waals surface area contributed by atoms with Crippen molar-refractivity contribution in [3.63, 3.8) is 0 Å². The van der Waals surface area contributed by atoms with Crippen molar-refractivity contribution >= 4 is 51.7 Å². The highest BCUT2D eigenvalue weighted by Crippen LogP contribution is 2.53. The molecule has 0 spiro atoms. The minimum atomic E-state index is -0.767. The second-order valence-corrected chi connectivity index (χ2v) is 11.8. The first-order chi connectivity index (χ1) is 18.2. The third-order valence-corrected chi connectivity index (χ3v) is 8.43. The quantitative estimate of drug-likeness (QED) is 0.318. The average Bonchev–Trinajstić information content (AvgIpc) is 3.69. The van der Waals surface area contributed by atoms with Crippen LogP contribution in [0, 0.1) is 11.8 Å². The van der Waals surface area contributed by atoms with E-state index < -0.39 is 10.4 Å². The van der Waals surface area contributed by atoms with Gasteiger partial charge in [-0.15, -0.1) is 23.2 Å². The molecule has 12 heteroatoms. The van der Waals surface area contributed by atoms with Gasteiger partial charge in [-0.3, -0.25) is 19.1 Å². The van der Waals surface area contributed by atoms with E-state index in [-0.39, 0.29) is 48.4 Å². The largest absolute Gasteiger partial charge is 0.486 e. The number of ketones is 1. The highest BCUT2D eigenvalue weighted by molar-refractivity contribution is 6.50. The summed E-state index contributed by atoms with van der Waals surface area (Å²) in [5.74, 6) is 0.831. The molecule has 0 unspecified atom stereocenters. The fourth-order valence-corrected chi connectivity index (χ4v) is 5.80. The van der Waals surface area contributed by atoms with Crippen LogP contribution in [0.5, 0.6) is 5.75 Å². The summed E-state index contributed by atoms with van der Waals surface area (Å²) in [6.45, 7) is 1.92. The molecule has 198 valence electrons. The predicted molar refractivity (Wildman–Crippen MR) is 139 cm³/mol. The Morgan fingerprint density at radius 1 is 1.18 bits per heavy atom. The van der Waals surface area contributed by atoms with Crippen molar-refractivity contribution in [3.05, 3.63) is 48.2 Å². The molecular weight excluding hydrogens is 531 g/mol. The number of nitrogens with zero attached hydrogens (tertiary/aromatic N) is 5. The number of ether oxygens (including phenoxy) is 1. The number of carbonyl (C=O) groups excluding carboxylic acids is 3. The van der Waals surface area contributed by atoms with Gasteiger partial charge in [0.1, 0.15) is 35.0 Å². The van der Waals surface area contributed by atoms with Crippen LogP contribution in [0.1, 0.15) is 42.5 Å². The smallest absolute Gasteiger partial charge is 0.245 e. The van der Waals surface area contributed by atoms with Crippen molar-refractivity contribution in [3.8, 4) is 5.75 Å². The molecule has 2 aliphatic carbocycles. The predicted octanol–water partition coefficient (Wildman–Crippen LogP) is 2.91. The fraction of sp³-hybridized carbons (Fsp3) is 0.462. The molecule has 1 aliphatic heterocycles. The molecule has 1 N–H and O–H groups in total. The highest BCUT2D eigenvalue weighted by Gasteiger charge is 2.56. The monoisotopic (exact) mass is 556 g/mol. The SMILES string of the molecule is CC(=O)c1nn(CC(=O)N2[C@@H]3C[C@@H]3C[C@H]2C(=O)NC[C@H]2CC2(Cl)Cl)c2ccc(OCc3ncccn3)cc12. The maximum atomic E-state index is 13.5. The second-order valence-electron chi connectivity index (χ2n) is 10.2. The first kappa shape index (κ1) is 25.1. The number of Topliss-reactive ketones (excluding diaryl/α,β-unsaturated/α-hetero) is 1. The van der Waals surface area contributed by atoms with E-state index in [0.29, 0.717) is 47.8 Å². The first-order valence-corrected chi connectivity index (χ1v) is 13.3. The van der Waals surface area contributed by atoms with Crippen molar-refractivity contribution in [2.24, 2.45) is 11.8 Å². The van der Waals surface area contributed by atoms with Crippen LogP contribution in [0.15, 0.2) is 36.7 Å². The fourth-order valence-electron chi connectivity index (χ4n) is 5.27. The highest BCUT2D eigenvalue weighted by atomic mass is 35.5. The third kappa shape index (κ3) is 4.82. The molecule has 2 saturated carbocycles. The molecule has 2 amide bonds. The lowest BCUT2D eigenvalue weighted by molar-refractivity contribution is -0.140. The number of hydrogen-bond donors (Lipinski definition) is 1. The molecule has 3 fully saturated rings. The van der Waals surface area contributed by atoms with Crippen LogP contribution >= 0.6 is 23.2 Å². The molecule has 10 nitrogen and oxygen atoms in total. The molecule has 3 aromatic rings. The number of piperidine rings is 1. The molecule has 3 heterocycles. The lowest BCUT2D eigenvalue weighted by Crippen LogP contribution is -2.49. The maximum absolute atomic E-state index is 13.5. The van der Waals surface area contributed by atoms with Crippen molar-refractivity contribution in [2.75, 3.05) is 6.54 Å². The van der Waals surface area contributed by atoms with E-state index in [1.165, 1.54) is 11.6 Å². The number of alkyl halides is 2. The Morgan fingerprint density at radius 2 is 1.95 bits per heavy atom. The van der Waals surface area contributed by atoms with Crippen LogP contribution in [0.2, 0.25) is 0 Å². The Hall–Kier alpha value is -3.24. The van der Waals surface area contributed by atoms with Crippen LogP contribution in [0.4, 0.5) is 0 Å². The number of benzene rings is 1. The van der Waals surface area contributed by atoms with Crippen LogP contribution in [0.25, 0.3) is 10.9 Å². The van der Waals surface area contributed by atoms with Crippen LogP contribution in [-0.4, -0.2) is 65.2 Å². The Morgan fingerprint density at radius 3 is 2.66 bits per heavy atom. The third-order valence-electron chi connectivity index (χ3n) is 7.50. The molecule has 0 bridgehead atoms. The molecule has 1 saturated heterocycles. The number of fused-ring (bicyclic) bond motifs is 2. The van der Waals surface area contributed by atoms with Crippen LogP contribution in [-0.2, 0) is 22.7 Å². The summed E-state index contributed by atoms with van der Waals surface area (Å²) in [6.07, 6.45) is 5.46. The summed E-state index contributed by atoms with van der Waals surface area (Å²) < 4.78 is 6.58. The minimum absolute atomic E-state index is 0.0319. The van der Waals surface area contributed by atoms with E-state index in [9.17, 15) is 14.4 Å². The Bertz CT molecular complexity index is 1430. The zero-order chi connectivity index (χ0) is 26.6. The van der Waals surface area contributed by atoms with Gasteiger partial charge in [0.05, 0.1) is 5.52 Å². The van der Waals surface area contributed by atoms with Gasteiger partial charge in [-0.2, -0.15) is 5.10 Å². The summed E-state index contributed by atoms with van der Waals surface area (Å²) in [4.78, 5) is 48.8. The van der Waals surface area contributed by atoms with E-state index in [1.54, 1.807) is 41.6 Å². The van der Waals surface area contributed by atoms with Gasteiger partial charge in [-0.05, 0) is 49.4 Å². The molecule has 1 aromatic carbocycles. The zero-order valence-corrected chi connectivity index (χ0v) is 22.2. The lowest BCUT2D eigenvalue weighted by atomic mass is 10.1. The van der Waals surface area contributed by atoms with Gasteiger partial charge < -0.3 is 15.0 Å². The van der Waals surface area contributed by atoms with E-state index in [0.717, 1.165) is 6.42 Å². The van der Waals surface area contributed by atoms with Crippen molar-refractivity contribution < 1.29 is 19.1 Å². The Kier molecular flexibility index (Phi) is 6.26. The number of carbonyl (C=O) groups is 3. The van der Waals surface area contributed by atoms with Crippen molar-refractivity contribution in [1.82, 2.24) is 30.0 Å². The van der Waals surface area contributed by atoms with Crippen LogP contribution < -0.4 is 10.1 Å². The van der Waals surface area contributed by atoms with Gasteiger partial charge in [-0.1, -0.05) is 0 Å². The van der Waals surface area contributed by atoms with E-state index in [4.69, 9.17) is 27.9 Å². The van der Waals surface area contributed by atoms with Gasteiger partial charge in [0, 0.05) is 43.2 Å². The van der Waals surface area contributed by atoms with E-state index in [1.807, 2.05) is 0 Å². The molecule has 4 atom stereocenters. The summed E-state index contributed by atoms with van der Waals surface area (Å²) in [7, 11) is 0. The van der Waals surface area contributed by atoms with E-state index >= 15 is 0 Å². The Balaban J connectivity index is 1.18. The summed E-state index contributed by atoms with van der Waals surface area (Å²) in [5.41, 5.74) is 0.887. The summed E-state index contributed by atoms with van der Waals surface area (Å²) in [6, 6.07) is 6.53. The van der Waals surface area contributed by atoms with Crippen molar-refractivity contribution in [2.45, 2.75) is 55.8 Å². The van der Waals surface area contributed by atoms with Gasteiger partial charge in [0.15, 0.2) is 11.6 Å². The lowest BCUT2D eigenvalue weighted by Gasteiger charge is -2.27. The van der Waals surface area contributed by atoms with Gasteiger partial charge in [0.25, 0.3) is 0 Å². The van der Waals surface area contributed by atoms with E-state index in [2.05, 4.69) is 20.4 Å². The second kappa shape index (κ2) is 9.50. The number of amides is 2. The summed E-state index contributed by atoms with van der Waals surface area (Å²) >= 11 is 12.2. The Labute approximate surface area is 228 Å². The molecule has 3 aliphatic rings. The number of aromatic nitrogens is 4.